The quantitative estimate of drug-likeness (QED) is 0.734. The van der Waals surface area contributed by atoms with Crippen molar-refractivity contribution in [2.75, 3.05) is 26.9 Å². The lowest BCUT2D eigenvalue weighted by Gasteiger charge is -2.14. The summed E-state index contributed by atoms with van der Waals surface area (Å²) < 4.78 is 26.6. The van der Waals surface area contributed by atoms with Crippen molar-refractivity contribution in [3.63, 3.8) is 0 Å². The fourth-order valence-electron chi connectivity index (χ4n) is 1.79. The molecular formula is C14H18O6. The van der Waals surface area contributed by atoms with E-state index in [0.29, 0.717) is 18.1 Å². The number of carbonyl (C=O) groups is 1. The number of para-hydroxylation sites is 2. The second kappa shape index (κ2) is 7.12. The molecule has 0 bridgehead atoms. The molecule has 2 atom stereocenters. The van der Waals surface area contributed by atoms with E-state index in [4.69, 9.17) is 23.7 Å². The Bertz CT molecular complexity index is 447. The Morgan fingerprint density at radius 3 is 2.75 bits per heavy atom. The molecule has 0 saturated carbocycles. The maximum absolute atomic E-state index is 10.7. The topological polar surface area (TPSA) is 63.2 Å². The third kappa shape index (κ3) is 4.11. The first-order chi connectivity index (χ1) is 9.69. The van der Waals surface area contributed by atoms with E-state index in [0.717, 1.165) is 0 Å². The monoisotopic (exact) mass is 282 g/mol. The lowest BCUT2D eigenvalue weighted by atomic mass is 10.3. The molecule has 1 fully saturated rings. The molecule has 2 unspecified atom stereocenters. The number of hydrogen-bond donors (Lipinski definition) is 0. The largest absolute Gasteiger partial charge is 0.493 e. The molecule has 1 aliphatic rings. The van der Waals surface area contributed by atoms with Gasteiger partial charge in [-0.3, -0.25) is 4.79 Å². The minimum atomic E-state index is -0.472. The van der Waals surface area contributed by atoms with E-state index in [1.165, 1.54) is 6.92 Å². The molecular weight excluding hydrogens is 264 g/mol. The number of esters is 1. The minimum absolute atomic E-state index is 0.195. The third-order valence-electron chi connectivity index (χ3n) is 2.73. The summed E-state index contributed by atoms with van der Waals surface area (Å²) in [6.07, 6.45) is -0.717. The van der Waals surface area contributed by atoms with Gasteiger partial charge in [0, 0.05) is 6.92 Å². The number of benzene rings is 1. The first kappa shape index (κ1) is 14.6. The van der Waals surface area contributed by atoms with Gasteiger partial charge in [0.1, 0.15) is 19.3 Å². The van der Waals surface area contributed by atoms with Crippen LogP contribution in [0.1, 0.15) is 6.92 Å². The second-order valence-electron chi connectivity index (χ2n) is 4.29. The normalized spacial score (nSPS) is 21.5. The van der Waals surface area contributed by atoms with Gasteiger partial charge in [0.2, 0.25) is 0 Å². The van der Waals surface area contributed by atoms with Crippen molar-refractivity contribution in [1.29, 1.82) is 0 Å². The van der Waals surface area contributed by atoms with E-state index in [9.17, 15) is 4.79 Å². The summed E-state index contributed by atoms with van der Waals surface area (Å²) in [5.41, 5.74) is 0. The van der Waals surface area contributed by atoms with Crippen molar-refractivity contribution >= 4 is 5.97 Å². The molecule has 0 N–H and O–H groups in total. The standard InChI is InChI=1S/C14H18O6/c1-10(15)17-7-11-8-19-14(20-11)9-18-13-6-4-3-5-12(13)16-2/h3-6,11,14H,7-9H2,1-2H3. The second-order valence-corrected chi connectivity index (χ2v) is 4.29. The molecule has 6 heteroatoms. The maximum Gasteiger partial charge on any atom is 0.302 e. The lowest BCUT2D eigenvalue weighted by molar-refractivity contribution is -0.146. The van der Waals surface area contributed by atoms with Crippen LogP contribution in [0, 0.1) is 0 Å². The summed E-state index contributed by atoms with van der Waals surface area (Å²) in [5.74, 6) is 0.954. The Morgan fingerprint density at radius 1 is 1.30 bits per heavy atom. The molecule has 0 amide bonds. The molecule has 1 aromatic rings. The van der Waals surface area contributed by atoms with Crippen molar-refractivity contribution in [3.05, 3.63) is 24.3 Å². The maximum atomic E-state index is 10.7. The first-order valence-electron chi connectivity index (χ1n) is 6.35. The Balaban J connectivity index is 1.76. The summed E-state index contributed by atoms with van der Waals surface area (Å²) in [6.45, 7) is 2.18. The number of rotatable bonds is 6. The smallest absolute Gasteiger partial charge is 0.302 e. The van der Waals surface area contributed by atoms with Crippen LogP contribution in [-0.4, -0.2) is 45.3 Å². The van der Waals surface area contributed by atoms with Crippen molar-refractivity contribution < 1.29 is 28.5 Å². The van der Waals surface area contributed by atoms with Crippen molar-refractivity contribution in [2.24, 2.45) is 0 Å². The number of ether oxygens (including phenoxy) is 5. The van der Waals surface area contributed by atoms with Gasteiger partial charge < -0.3 is 23.7 Å². The van der Waals surface area contributed by atoms with Crippen LogP contribution in [0.2, 0.25) is 0 Å². The van der Waals surface area contributed by atoms with E-state index >= 15 is 0 Å². The van der Waals surface area contributed by atoms with Gasteiger partial charge >= 0.3 is 5.97 Å². The predicted molar refractivity (Wildman–Crippen MR) is 69.7 cm³/mol. The van der Waals surface area contributed by atoms with Gasteiger partial charge in [0.05, 0.1) is 13.7 Å². The number of carbonyl (C=O) groups excluding carboxylic acids is 1. The van der Waals surface area contributed by atoms with Crippen LogP contribution >= 0.6 is 0 Å². The molecule has 2 rings (SSSR count). The van der Waals surface area contributed by atoms with Gasteiger partial charge in [0.15, 0.2) is 17.8 Å². The van der Waals surface area contributed by atoms with Crippen molar-refractivity contribution in [3.8, 4) is 11.5 Å². The van der Waals surface area contributed by atoms with Crippen LogP contribution < -0.4 is 9.47 Å². The zero-order valence-corrected chi connectivity index (χ0v) is 11.5. The molecule has 0 radical (unpaired) electrons. The molecule has 110 valence electrons. The van der Waals surface area contributed by atoms with Gasteiger partial charge in [-0.25, -0.2) is 0 Å². The number of hydrogen-bond acceptors (Lipinski definition) is 6. The van der Waals surface area contributed by atoms with Gasteiger partial charge in [0.25, 0.3) is 0 Å². The SMILES string of the molecule is COc1ccccc1OCC1OCC(COC(C)=O)O1. The van der Waals surface area contributed by atoms with Crippen molar-refractivity contribution in [1.82, 2.24) is 0 Å². The van der Waals surface area contributed by atoms with Crippen LogP contribution in [-0.2, 0) is 19.0 Å². The molecule has 0 aliphatic carbocycles. The van der Waals surface area contributed by atoms with E-state index in [1.54, 1.807) is 7.11 Å². The molecule has 1 aromatic carbocycles. The summed E-state index contributed by atoms with van der Waals surface area (Å²) in [6, 6.07) is 7.35. The number of methoxy groups -OCH3 is 1. The summed E-state index contributed by atoms with van der Waals surface area (Å²) >= 11 is 0. The van der Waals surface area contributed by atoms with Crippen LogP contribution in [0.5, 0.6) is 11.5 Å². The molecule has 0 spiro atoms. The fourth-order valence-corrected chi connectivity index (χ4v) is 1.79. The van der Waals surface area contributed by atoms with E-state index in [1.807, 2.05) is 24.3 Å². The summed E-state index contributed by atoms with van der Waals surface area (Å²) in [7, 11) is 1.58. The van der Waals surface area contributed by atoms with Crippen LogP contribution in [0.3, 0.4) is 0 Å². The zero-order valence-electron chi connectivity index (χ0n) is 11.5. The highest BCUT2D eigenvalue weighted by atomic mass is 16.7. The Kier molecular flexibility index (Phi) is 5.20. The third-order valence-corrected chi connectivity index (χ3v) is 2.73. The van der Waals surface area contributed by atoms with Gasteiger partial charge in [-0.1, -0.05) is 12.1 Å². The lowest BCUT2D eigenvalue weighted by Crippen LogP contribution is -2.23. The summed E-state index contributed by atoms with van der Waals surface area (Å²) in [5, 5.41) is 0. The Hall–Kier alpha value is -1.79. The Labute approximate surface area is 117 Å². The zero-order chi connectivity index (χ0) is 14.4. The van der Waals surface area contributed by atoms with Crippen LogP contribution in [0.25, 0.3) is 0 Å². The van der Waals surface area contributed by atoms with Crippen LogP contribution in [0.15, 0.2) is 24.3 Å². The molecule has 1 saturated heterocycles. The first-order valence-corrected chi connectivity index (χ1v) is 6.35. The average Bonchev–Trinajstić information content (AvgIpc) is 2.91. The fraction of sp³-hybridized carbons (Fsp3) is 0.500. The van der Waals surface area contributed by atoms with Gasteiger partial charge in [-0.15, -0.1) is 0 Å². The highest BCUT2D eigenvalue weighted by Gasteiger charge is 2.27. The molecule has 20 heavy (non-hydrogen) atoms. The van der Waals surface area contributed by atoms with Gasteiger partial charge in [-0.2, -0.15) is 0 Å². The van der Waals surface area contributed by atoms with E-state index < -0.39 is 6.29 Å². The minimum Gasteiger partial charge on any atom is -0.493 e. The van der Waals surface area contributed by atoms with Crippen molar-refractivity contribution in [2.45, 2.75) is 19.3 Å². The Morgan fingerprint density at radius 2 is 2.05 bits per heavy atom. The molecule has 6 nitrogen and oxygen atoms in total. The predicted octanol–water partition coefficient (Wildman–Crippen LogP) is 1.38. The van der Waals surface area contributed by atoms with Gasteiger partial charge in [-0.05, 0) is 12.1 Å². The summed E-state index contributed by atoms with van der Waals surface area (Å²) in [4.78, 5) is 10.7. The molecule has 0 aromatic heterocycles. The highest BCUT2D eigenvalue weighted by molar-refractivity contribution is 5.65. The molecule has 1 aliphatic heterocycles. The molecule has 1 heterocycles. The van der Waals surface area contributed by atoms with E-state index in [2.05, 4.69) is 0 Å². The highest BCUT2D eigenvalue weighted by Crippen LogP contribution is 2.26. The van der Waals surface area contributed by atoms with E-state index in [-0.39, 0.29) is 25.3 Å². The average molecular weight is 282 g/mol. The van der Waals surface area contributed by atoms with Crippen LogP contribution in [0.4, 0.5) is 0 Å².